The van der Waals surface area contributed by atoms with Crippen LogP contribution in [-0.4, -0.2) is 28.4 Å². The Bertz CT molecular complexity index is 450. The van der Waals surface area contributed by atoms with Crippen molar-refractivity contribution in [1.29, 1.82) is 0 Å². The third-order valence-corrected chi connectivity index (χ3v) is 3.05. The summed E-state index contributed by atoms with van der Waals surface area (Å²) < 4.78 is 0.978. The van der Waals surface area contributed by atoms with Crippen LogP contribution in [0.3, 0.4) is 0 Å². The second kappa shape index (κ2) is 7.10. The van der Waals surface area contributed by atoms with E-state index in [0.29, 0.717) is 6.42 Å². The van der Waals surface area contributed by atoms with E-state index in [4.69, 9.17) is 5.73 Å². The van der Waals surface area contributed by atoms with E-state index in [1.54, 1.807) is 0 Å². The summed E-state index contributed by atoms with van der Waals surface area (Å²) in [5, 5.41) is 11.9. The maximum Gasteiger partial charge on any atom is 0.340 e. The number of benzene rings is 1. The lowest BCUT2D eigenvalue weighted by atomic mass is 10.1. The minimum absolute atomic E-state index is 0.262. The summed E-state index contributed by atoms with van der Waals surface area (Å²) in [7, 11) is 0. The smallest absolute Gasteiger partial charge is 0.340 e. The minimum Gasteiger partial charge on any atom is -0.350 e. The van der Waals surface area contributed by atoms with Gasteiger partial charge in [0.2, 0.25) is 5.91 Å². The number of hydrogen-bond acceptors (Lipinski definition) is 3. The molecule has 6 nitrogen and oxygen atoms in total. The van der Waals surface area contributed by atoms with Gasteiger partial charge in [-0.05, 0) is 31.0 Å². The van der Waals surface area contributed by atoms with Gasteiger partial charge in [-0.25, -0.2) is 4.79 Å². The van der Waals surface area contributed by atoms with Gasteiger partial charge in [-0.3, -0.25) is 10.0 Å². The van der Waals surface area contributed by atoms with Crippen molar-refractivity contribution in [3.63, 3.8) is 0 Å². The molecule has 1 aromatic carbocycles. The van der Waals surface area contributed by atoms with Crippen molar-refractivity contribution < 1.29 is 14.8 Å². The number of amides is 3. The fourth-order valence-corrected chi connectivity index (χ4v) is 1.73. The van der Waals surface area contributed by atoms with Crippen LogP contribution in [0.1, 0.15) is 18.9 Å². The van der Waals surface area contributed by atoms with Crippen LogP contribution in [0.25, 0.3) is 0 Å². The zero-order valence-electron chi connectivity index (χ0n) is 10.5. The molecule has 0 saturated carbocycles. The standard InChI is InChI=1S/C12H16BrN3O3/c1-8(16(19)12(14)18)15-11(17)7-4-9-2-5-10(13)6-3-9/h2-3,5-6,8,19H,4,7H2,1H3,(H2,14,18)(H,15,17). The molecule has 1 aromatic rings. The predicted molar refractivity (Wildman–Crippen MR) is 73.3 cm³/mol. The highest BCUT2D eigenvalue weighted by Gasteiger charge is 2.16. The molecule has 0 spiro atoms. The summed E-state index contributed by atoms with van der Waals surface area (Å²) in [5.41, 5.74) is 5.90. The monoisotopic (exact) mass is 329 g/mol. The lowest BCUT2D eigenvalue weighted by Crippen LogP contribution is -2.49. The number of carbonyl (C=O) groups is 2. The zero-order chi connectivity index (χ0) is 14.4. The molecule has 0 aliphatic heterocycles. The summed E-state index contributed by atoms with van der Waals surface area (Å²) in [6.45, 7) is 1.46. The molecule has 4 N–H and O–H groups in total. The van der Waals surface area contributed by atoms with Crippen molar-refractivity contribution in [3.8, 4) is 0 Å². The molecule has 0 fully saturated rings. The molecule has 1 atom stereocenters. The van der Waals surface area contributed by atoms with E-state index in [9.17, 15) is 14.8 Å². The van der Waals surface area contributed by atoms with Crippen LogP contribution in [0.2, 0.25) is 0 Å². The molecule has 7 heteroatoms. The molecule has 19 heavy (non-hydrogen) atoms. The fourth-order valence-electron chi connectivity index (χ4n) is 1.47. The largest absolute Gasteiger partial charge is 0.350 e. The van der Waals surface area contributed by atoms with Crippen LogP contribution in [-0.2, 0) is 11.2 Å². The van der Waals surface area contributed by atoms with Crippen LogP contribution < -0.4 is 11.1 Å². The number of urea groups is 1. The van der Waals surface area contributed by atoms with Crippen molar-refractivity contribution in [2.24, 2.45) is 5.73 Å². The van der Waals surface area contributed by atoms with E-state index < -0.39 is 12.2 Å². The van der Waals surface area contributed by atoms with E-state index in [1.807, 2.05) is 24.3 Å². The number of primary amides is 1. The zero-order valence-corrected chi connectivity index (χ0v) is 12.1. The molecule has 0 aliphatic carbocycles. The average molecular weight is 330 g/mol. The first-order valence-corrected chi connectivity index (χ1v) is 6.51. The summed E-state index contributed by atoms with van der Waals surface area (Å²) in [6, 6.07) is 6.63. The fraction of sp³-hybridized carbons (Fsp3) is 0.333. The van der Waals surface area contributed by atoms with Crippen LogP contribution in [0.5, 0.6) is 0 Å². The molecule has 0 aliphatic rings. The Balaban J connectivity index is 2.39. The number of carbonyl (C=O) groups excluding carboxylic acids is 2. The van der Waals surface area contributed by atoms with Crippen LogP contribution >= 0.6 is 15.9 Å². The van der Waals surface area contributed by atoms with E-state index in [-0.39, 0.29) is 17.4 Å². The molecule has 3 amide bonds. The number of nitrogens with one attached hydrogen (secondary N) is 1. The average Bonchev–Trinajstić information content (AvgIpc) is 2.37. The Hall–Kier alpha value is -1.60. The Morgan fingerprint density at radius 3 is 2.53 bits per heavy atom. The number of nitrogens with two attached hydrogens (primary N) is 1. The van der Waals surface area contributed by atoms with Gasteiger partial charge in [0, 0.05) is 10.9 Å². The van der Waals surface area contributed by atoms with Gasteiger partial charge < -0.3 is 11.1 Å². The maximum absolute atomic E-state index is 11.6. The third-order valence-electron chi connectivity index (χ3n) is 2.52. The number of rotatable bonds is 5. The SMILES string of the molecule is CC(NC(=O)CCc1ccc(Br)cc1)N(O)C(N)=O. The van der Waals surface area contributed by atoms with E-state index >= 15 is 0 Å². The number of hydroxylamine groups is 2. The van der Waals surface area contributed by atoms with Crippen molar-refractivity contribution in [2.75, 3.05) is 0 Å². The third kappa shape index (κ3) is 5.27. The van der Waals surface area contributed by atoms with Gasteiger partial charge in [0.05, 0.1) is 0 Å². The number of hydrogen-bond donors (Lipinski definition) is 3. The van der Waals surface area contributed by atoms with E-state index in [0.717, 1.165) is 10.0 Å². The first-order valence-electron chi connectivity index (χ1n) is 5.71. The number of nitrogens with zero attached hydrogens (tertiary/aromatic N) is 1. The van der Waals surface area contributed by atoms with Gasteiger partial charge in [-0.1, -0.05) is 28.1 Å². The van der Waals surface area contributed by atoms with Gasteiger partial charge in [0.25, 0.3) is 0 Å². The summed E-state index contributed by atoms with van der Waals surface area (Å²) >= 11 is 3.33. The summed E-state index contributed by atoms with van der Waals surface area (Å²) in [6.07, 6.45) is -0.0122. The van der Waals surface area contributed by atoms with E-state index in [1.165, 1.54) is 6.92 Å². The molecule has 0 heterocycles. The molecule has 104 valence electrons. The highest BCUT2D eigenvalue weighted by Crippen LogP contribution is 2.11. The first-order chi connectivity index (χ1) is 8.90. The Morgan fingerprint density at radius 1 is 1.42 bits per heavy atom. The molecule has 1 unspecified atom stereocenters. The van der Waals surface area contributed by atoms with E-state index in [2.05, 4.69) is 21.2 Å². The molecular formula is C12H16BrN3O3. The van der Waals surface area contributed by atoms with Gasteiger partial charge in [0.15, 0.2) is 0 Å². The topological polar surface area (TPSA) is 95.7 Å². The molecule has 0 saturated heterocycles. The van der Waals surface area contributed by atoms with Gasteiger partial charge >= 0.3 is 6.03 Å². The highest BCUT2D eigenvalue weighted by atomic mass is 79.9. The molecular weight excluding hydrogens is 314 g/mol. The van der Waals surface area contributed by atoms with Crippen molar-refractivity contribution >= 4 is 27.9 Å². The summed E-state index contributed by atoms with van der Waals surface area (Å²) in [5.74, 6) is -0.268. The van der Waals surface area contributed by atoms with Crippen molar-refractivity contribution in [3.05, 3.63) is 34.3 Å². The Labute approximate surface area is 119 Å². The first kappa shape index (κ1) is 15.5. The Morgan fingerprint density at radius 2 is 2.00 bits per heavy atom. The van der Waals surface area contributed by atoms with Crippen molar-refractivity contribution in [1.82, 2.24) is 10.4 Å². The normalized spacial score (nSPS) is 11.7. The quantitative estimate of drug-likeness (QED) is 0.435. The predicted octanol–water partition coefficient (Wildman–Crippen LogP) is 1.61. The molecule has 0 aromatic heterocycles. The second-order valence-corrected chi connectivity index (χ2v) is 4.97. The van der Waals surface area contributed by atoms with Gasteiger partial charge in [-0.2, -0.15) is 5.06 Å². The lowest BCUT2D eigenvalue weighted by molar-refractivity contribution is -0.129. The van der Waals surface area contributed by atoms with Crippen LogP contribution in [0.15, 0.2) is 28.7 Å². The highest BCUT2D eigenvalue weighted by molar-refractivity contribution is 9.10. The summed E-state index contributed by atoms with van der Waals surface area (Å²) in [4.78, 5) is 22.3. The lowest BCUT2D eigenvalue weighted by Gasteiger charge is -2.21. The van der Waals surface area contributed by atoms with Crippen molar-refractivity contribution in [2.45, 2.75) is 25.9 Å². The second-order valence-electron chi connectivity index (χ2n) is 4.05. The van der Waals surface area contributed by atoms with Gasteiger partial charge in [0.1, 0.15) is 6.17 Å². The number of aryl methyl sites for hydroxylation is 1. The van der Waals surface area contributed by atoms with Crippen LogP contribution in [0.4, 0.5) is 4.79 Å². The molecule has 0 bridgehead atoms. The number of halogens is 1. The Kier molecular flexibility index (Phi) is 5.78. The van der Waals surface area contributed by atoms with Crippen LogP contribution in [0, 0.1) is 0 Å². The maximum atomic E-state index is 11.6. The van der Waals surface area contributed by atoms with Gasteiger partial charge in [-0.15, -0.1) is 0 Å². The molecule has 0 radical (unpaired) electrons. The minimum atomic E-state index is -1.01. The molecule has 1 rings (SSSR count).